The maximum atomic E-state index is 10.3. The lowest BCUT2D eigenvalue weighted by Crippen LogP contribution is -2.43. The van der Waals surface area contributed by atoms with Crippen LogP contribution in [0.3, 0.4) is 0 Å². The van der Waals surface area contributed by atoms with Gasteiger partial charge in [0.2, 0.25) is 0 Å². The smallest absolute Gasteiger partial charge is 0.119 e. The van der Waals surface area contributed by atoms with Crippen LogP contribution in [0.4, 0.5) is 5.69 Å². The molecule has 2 rings (SSSR count). The Kier molecular flexibility index (Phi) is 3.24. The number of piperazine rings is 1. The summed E-state index contributed by atoms with van der Waals surface area (Å²) in [5.74, 6) is 0.858. The van der Waals surface area contributed by atoms with E-state index in [2.05, 4.69) is 10.2 Å². The molecule has 0 atom stereocenters. The number of nitroso groups, excluding NO2 is 1. The molecule has 0 spiro atoms. The molecule has 0 N–H and O–H groups in total. The standard InChI is InChI=1S/C11H15N3O2/c1-16-11-4-2-10(3-5-11)13-6-8-14(12-15)9-7-13/h2-5H,6-9H2,1H3. The zero-order valence-corrected chi connectivity index (χ0v) is 9.30. The zero-order valence-electron chi connectivity index (χ0n) is 9.30. The summed E-state index contributed by atoms with van der Waals surface area (Å²) in [5.41, 5.74) is 1.16. The number of ether oxygens (including phenoxy) is 1. The summed E-state index contributed by atoms with van der Waals surface area (Å²) in [5, 5.41) is 4.50. The van der Waals surface area contributed by atoms with Crippen molar-refractivity contribution in [2.45, 2.75) is 0 Å². The first-order valence-corrected chi connectivity index (χ1v) is 5.30. The minimum absolute atomic E-state index is 0.690. The van der Waals surface area contributed by atoms with E-state index in [0.29, 0.717) is 13.1 Å². The molecule has 1 aromatic carbocycles. The molecule has 1 heterocycles. The van der Waals surface area contributed by atoms with E-state index in [9.17, 15) is 4.91 Å². The maximum absolute atomic E-state index is 10.3. The van der Waals surface area contributed by atoms with Crippen molar-refractivity contribution in [2.24, 2.45) is 5.29 Å². The van der Waals surface area contributed by atoms with Gasteiger partial charge in [-0.25, -0.2) is 0 Å². The van der Waals surface area contributed by atoms with Crippen LogP contribution in [0, 0.1) is 4.91 Å². The molecule has 0 aliphatic carbocycles. The van der Waals surface area contributed by atoms with Crippen molar-refractivity contribution in [2.75, 3.05) is 38.2 Å². The Hall–Kier alpha value is -1.78. The second-order valence-electron chi connectivity index (χ2n) is 3.72. The van der Waals surface area contributed by atoms with E-state index in [1.54, 1.807) is 12.1 Å². The van der Waals surface area contributed by atoms with E-state index < -0.39 is 0 Å². The summed E-state index contributed by atoms with van der Waals surface area (Å²) in [7, 11) is 1.66. The van der Waals surface area contributed by atoms with Crippen molar-refractivity contribution < 1.29 is 4.74 Å². The van der Waals surface area contributed by atoms with Gasteiger partial charge in [0, 0.05) is 18.8 Å². The normalized spacial score (nSPS) is 16.1. The van der Waals surface area contributed by atoms with Crippen LogP contribution in [-0.4, -0.2) is 38.3 Å². The van der Waals surface area contributed by atoms with E-state index >= 15 is 0 Å². The summed E-state index contributed by atoms with van der Waals surface area (Å²) in [6.07, 6.45) is 0. The van der Waals surface area contributed by atoms with Gasteiger partial charge in [-0.15, -0.1) is 4.91 Å². The highest BCUT2D eigenvalue weighted by Crippen LogP contribution is 2.20. The summed E-state index contributed by atoms with van der Waals surface area (Å²) < 4.78 is 5.11. The van der Waals surface area contributed by atoms with Gasteiger partial charge in [-0.2, -0.15) is 0 Å². The fourth-order valence-electron chi connectivity index (χ4n) is 1.83. The molecule has 0 radical (unpaired) electrons. The minimum Gasteiger partial charge on any atom is -0.497 e. The van der Waals surface area contributed by atoms with E-state index in [1.165, 1.54) is 0 Å². The van der Waals surface area contributed by atoms with Crippen LogP contribution in [0.25, 0.3) is 0 Å². The third-order valence-corrected chi connectivity index (χ3v) is 2.81. The van der Waals surface area contributed by atoms with Crippen LogP contribution >= 0.6 is 0 Å². The monoisotopic (exact) mass is 221 g/mol. The van der Waals surface area contributed by atoms with Crippen molar-refractivity contribution in [3.63, 3.8) is 0 Å². The Morgan fingerprint density at radius 3 is 2.25 bits per heavy atom. The predicted octanol–water partition coefficient (Wildman–Crippen LogP) is 1.50. The fraction of sp³-hybridized carbons (Fsp3) is 0.455. The lowest BCUT2D eigenvalue weighted by Gasteiger charge is -2.32. The molecule has 1 fully saturated rings. The van der Waals surface area contributed by atoms with Crippen molar-refractivity contribution in [1.29, 1.82) is 0 Å². The summed E-state index contributed by atoms with van der Waals surface area (Å²) in [6, 6.07) is 7.95. The van der Waals surface area contributed by atoms with E-state index in [1.807, 2.05) is 24.3 Å². The largest absolute Gasteiger partial charge is 0.497 e. The number of methoxy groups -OCH3 is 1. The Morgan fingerprint density at radius 1 is 1.12 bits per heavy atom. The number of anilines is 1. The zero-order chi connectivity index (χ0) is 11.4. The van der Waals surface area contributed by atoms with Crippen molar-refractivity contribution in [1.82, 2.24) is 5.01 Å². The van der Waals surface area contributed by atoms with Crippen LogP contribution in [0.1, 0.15) is 0 Å². The number of hydrogen-bond acceptors (Lipinski definition) is 4. The second-order valence-corrected chi connectivity index (χ2v) is 3.72. The quantitative estimate of drug-likeness (QED) is 0.725. The molecule has 0 unspecified atom stereocenters. The van der Waals surface area contributed by atoms with Gasteiger partial charge in [0.25, 0.3) is 0 Å². The first kappa shape index (κ1) is 10.7. The minimum atomic E-state index is 0.690. The fourth-order valence-corrected chi connectivity index (χ4v) is 1.83. The molecule has 1 aliphatic rings. The van der Waals surface area contributed by atoms with Crippen LogP contribution in [0.15, 0.2) is 29.6 Å². The maximum Gasteiger partial charge on any atom is 0.119 e. The number of rotatable bonds is 3. The van der Waals surface area contributed by atoms with E-state index in [-0.39, 0.29) is 0 Å². The van der Waals surface area contributed by atoms with Gasteiger partial charge in [-0.1, -0.05) is 0 Å². The summed E-state index contributed by atoms with van der Waals surface area (Å²) in [6.45, 7) is 3.04. The van der Waals surface area contributed by atoms with Gasteiger partial charge in [0.1, 0.15) is 5.75 Å². The lowest BCUT2D eigenvalue weighted by molar-refractivity contribution is 0.267. The van der Waals surface area contributed by atoms with E-state index in [4.69, 9.17) is 4.74 Å². The van der Waals surface area contributed by atoms with Gasteiger partial charge in [0.05, 0.1) is 25.5 Å². The first-order chi connectivity index (χ1) is 7.83. The Labute approximate surface area is 94.5 Å². The third-order valence-electron chi connectivity index (χ3n) is 2.81. The molecule has 5 heteroatoms. The molecule has 0 bridgehead atoms. The molecule has 86 valence electrons. The highest BCUT2D eigenvalue weighted by molar-refractivity contribution is 5.49. The first-order valence-electron chi connectivity index (χ1n) is 5.30. The Morgan fingerprint density at radius 2 is 1.75 bits per heavy atom. The van der Waals surface area contributed by atoms with Gasteiger partial charge < -0.3 is 9.64 Å². The molecule has 1 saturated heterocycles. The molecular weight excluding hydrogens is 206 g/mol. The molecule has 0 amide bonds. The molecule has 0 saturated carbocycles. The van der Waals surface area contributed by atoms with E-state index in [0.717, 1.165) is 24.5 Å². The number of hydrogen-bond donors (Lipinski definition) is 0. The third kappa shape index (κ3) is 2.24. The average Bonchev–Trinajstić information content (AvgIpc) is 2.39. The molecule has 5 nitrogen and oxygen atoms in total. The second kappa shape index (κ2) is 4.83. The Bertz CT molecular complexity index is 345. The van der Waals surface area contributed by atoms with Crippen molar-refractivity contribution in [3.8, 4) is 5.75 Å². The highest BCUT2D eigenvalue weighted by atomic mass is 16.5. The summed E-state index contributed by atoms with van der Waals surface area (Å²) >= 11 is 0. The van der Waals surface area contributed by atoms with Crippen molar-refractivity contribution in [3.05, 3.63) is 29.2 Å². The van der Waals surface area contributed by atoms with Gasteiger partial charge in [0.15, 0.2) is 0 Å². The molecule has 16 heavy (non-hydrogen) atoms. The molecule has 0 aromatic heterocycles. The number of nitrogens with zero attached hydrogens (tertiary/aromatic N) is 3. The van der Waals surface area contributed by atoms with Gasteiger partial charge in [-0.05, 0) is 24.3 Å². The topological polar surface area (TPSA) is 45.1 Å². The highest BCUT2D eigenvalue weighted by Gasteiger charge is 2.16. The average molecular weight is 221 g/mol. The Balaban J connectivity index is 1.99. The van der Waals surface area contributed by atoms with Crippen LogP contribution < -0.4 is 9.64 Å². The van der Waals surface area contributed by atoms with Crippen LogP contribution in [0.5, 0.6) is 5.75 Å². The van der Waals surface area contributed by atoms with Gasteiger partial charge in [-0.3, -0.25) is 5.01 Å². The van der Waals surface area contributed by atoms with Crippen LogP contribution in [0.2, 0.25) is 0 Å². The molecule has 1 aliphatic heterocycles. The predicted molar refractivity (Wildman–Crippen MR) is 62.6 cm³/mol. The molecular formula is C11H15N3O2. The molecule has 1 aromatic rings. The lowest BCUT2D eigenvalue weighted by atomic mass is 10.2. The number of benzene rings is 1. The van der Waals surface area contributed by atoms with Crippen molar-refractivity contribution >= 4 is 5.69 Å². The SMILES string of the molecule is COc1ccc(N2CCN(N=O)CC2)cc1. The summed E-state index contributed by atoms with van der Waals surface area (Å²) in [4.78, 5) is 12.6. The van der Waals surface area contributed by atoms with Gasteiger partial charge >= 0.3 is 0 Å². The van der Waals surface area contributed by atoms with Crippen LogP contribution in [-0.2, 0) is 0 Å².